The third-order valence-corrected chi connectivity index (χ3v) is 9.19. The van der Waals surface area contributed by atoms with Crippen LogP contribution in [0.1, 0.15) is 36.6 Å². The summed E-state index contributed by atoms with van der Waals surface area (Å²) >= 11 is 4.90. The molecule has 5 aromatic rings. The van der Waals surface area contributed by atoms with Gasteiger partial charge in [-0.05, 0) is 89.8 Å². The summed E-state index contributed by atoms with van der Waals surface area (Å²) < 4.78 is 26.4. The fourth-order valence-corrected chi connectivity index (χ4v) is 7.04. The van der Waals surface area contributed by atoms with Crippen molar-refractivity contribution in [3.8, 4) is 23.0 Å². The quantitative estimate of drug-likeness (QED) is 0.0850. The first-order valence-electron chi connectivity index (χ1n) is 15.5. The van der Waals surface area contributed by atoms with E-state index in [2.05, 4.69) is 15.9 Å². The summed E-state index contributed by atoms with van der Waals surface area (Å²) in [5.41, 5.74) is 3.08. The molecule has 0 spiro atoms. The van der Waals surface area contributed by atoms with E-state index in [9.17, 15) is 9.59 Å². The van der Waals surface area contributed by atoms with Crippen molar-refractivity contribution in [3.63, 3.8) is 0 Å². The van der Waals surface area contributed by atoms with Crippen LogP contribution in [0.4, 0.5) is 0 Å². The van der Waals surface area contributed by atoms with E-state index in [1.54, 1.807) is 41.8 Å². The van der Waals surface area contributed by atoms with E-state index in [0.717, 1.165) is 22.4 Å². The molecule has 0 N–H and O–H groups in total. The number of hydrogen-bond acceptors (Lipinski definition) is 8. The third-order valence-electron chi connectivity index (χ3n) is 7.62. The van der Waals surface area contributed by atoms with E-state index in [1.807, 2.05) is 86.6 Å². The lowest BCUT2D eigenvalue weighted by Crippen LogP contribution is -2.40. The number of thiazole rings is 1. The zero-order valence-corrected chi connectivity index (χ0v) is 29.0. The molecule has 0 fully saturated rings. The molecule has 0 radical (unpaired) electrons. The van der Waals surface area contributed by atoms with Gasteiger partial charge < -0.3 is 18.9 Å². The number of aryl methyl sites for hydroxylation is 1. The number of carbonyl (C=O) groups is 1. The molecule has 1 aliphatic rings. The summed E-state index contributed by atoms with van der Waals surface area (Å²) in [5.74, 6) is 1.74. The predicted octanol–water partition coefficient (Wildman–Crippen LogP) is 6.77. The van der Waals surface area contributed by atoms with Crippen LogP contribution < -0.4 is 33.8 Å². The van der Waals surface area contributed by atoms with Crippen molar-refractivity contribution in [1.29, 1.82) is 0 Å². The number of fused-ring (bicyclic) bond motifs is 1. The van der Waals surface area contributed by atoms with Gasteiger partial charge in [-0.3, -0.25) is 9.36 Å². The van der Waals surface area contributed by atoms with Gasteiger partial charge in [-0.2, -0.15) is 0 Å². The van der Waals surface area contributed by atoms with Crippen molar-refractivity contribution in [2.45, 2.75) is 26.8 Å². The van der Waals surface area contributed by atoms with Crippen molar-refractivity contribution in [3.05, 3.63) is 149 Å². The lowest BCUT2D eigenvalue weighted by atomic mass is 9.96. The maximum Gasteiger partial charge on any atom is 0.343 e. The number of benzene rings is 4. The molecular formula is C38H33BrN2O6S. The lowest BCUT2D eigenvalue weighted by Gasteiger charge is -2.24. The molecule has 4 aromatic carbocycles. The lowest BCUT2D eigenvalue weighted by molar-refractivity contribution is -0.130. The van der Waals surface area contributed by atoms with Crippen molar-refractivity contribution in [1.82, 2.24) is 4.57 Å². The maximum atomic E-state index is 14.1. The van der Waals surface area contributed by atoms with Crippen LogP contribution >= 0.6 is 27.3 Å². The molecular weight excluding hydrogens is 692 g/mol. The number of para-hydroxylation sites is 2. The van der Waals surface area contributed by atoms with Crippen LogP contribution in [0.5, 0.6) is 23.0 Å². The van der Waals surface area contributed by atoms with Gasteiger partial charge in [-0.1, -0.05) is 78.1 Å². The second kappa shape index (κ2) is 14.9. The van der Waals surface area contributed by atoms with Crippen LogP contribution in [0.3, 0.4) is 0 Å². The van der Waals surface area contributed by atoms with Gasteiger partial charge in [-0.15, -0.1) is 0 Å². The standard InChI is InChI=1S/C38H33BrN2O6S/c1-4-44-31-22-26(21-29(39)35(31)46-20-19-45-30-18-12-11-13-24(30)2)23-32-36(42)41-34(27-14-7-5-8-15-27)33(25(3)40-38(41)48-32)37(43)47-28-16-9-6-10-17-28/h5-18,21-23,34H,4,19-20H2,1-3H3/b32-23+/t34-/m1/s1. The first kappa shape index (κ1) is 33.0. The number of halogens is 1. The predicted molar refractivity (Wildman–Crippen MR) is 190 cm³/mol. The fourth-order valence-electron chi connectivity index (χ4n) is 5.42. The monoisotopic (exact) mass is 724 g/mol. The summed E-state index contributed by atoms with van der Waals surface area (Å²) in [6, 6.07) is 29.1. The van der Waals surface area contributed by atoms with E-state index in [1.165, 1.54) is 11.3 Å². The van der Waals surface area contributed by atoms with Crippen LogP contribution in [-0.4, -0.2) is 30.4 Å². The molecule has 8 nitrogen and oxygen atoms in total. The van der Waals surface area contributed by atoms with E-state index in [4.69, 9.17) is 23.9 Å². The normalized spacial score (nSPS) is 14.2. The number of hydrogen-bond donors (Lipinski definition) is 0. The summed E-state index contributed by atoms with van der Waals surface area (Å²) in [7, 11) is 0. The summed E-state index contributed by atoms with van der Waals surface area (Å²) in [4.78, 5) is 33.0. The highest BCUT2D eigenvalue weighted by atomic mass is 79.9. The molecule has 1 aliphatic heterocycles. The largest absolute Gasteiger partial charge is 0.490 e. The van der Waals surface area contributed by atoms with Gasteiger partial charge >= 0.3 is 5.97 Å². The topological polar surface area (TPSA) is 88.4 Å². The SMILES string of the molecule is CCOc1cc(/C=c2/sc3n(c2=O)[C@H](c2ccccc2)C(C(=O)Oc2ccccc2)=C(C)N=3)cc(Br)c1OCCOc1ccccc1C. The molecule has 0 unspecified atom stereocenters. The molecule has 0 aliphatic carbocycles. The highest BCUT2D eigenvalue weighted by molar-refractivity contribution is 9.10. The van der Waals surface area contributed by atoms with E-state index >= 15 is 0 Å². The minimum atomic E-state index is -0.718. The molecule has 244 valence electrons. The van der Waals surface area contributed by atoms with Crippen molar-refractivity contribution >= 4 is 39.3 Å². The Morgan fingerprint density at radius 2 is 1.58 bits per heavy atom. The first-order valence-corrected chi connectivity index (χ1v) is 17.1. The van der Waals surface area contributed by atoms with E-state index in [-0.39, 0.29) is 5.56 Å². The minimum Gasteiger partial charge on any atom is -0.490 e. The molecule has 0 saturated carbocycles. The molecule has 2 heterocycles. The molecule has 0 amide bonds. The number of ether oxygens (including phenoxy) is 4. The second-order valence-corrected chi connectivity index (χ2v) is 12.8. The highest BCUT2D eigenvalue weighted by Gasteiger charge is 2.33. The smallest absolute Gasteiger partial charge is 0.343 e. The van der Waals surface area contributed by atoms with E-state index < -0.39 is 12.0 Å². The molecule has 0 saturated heterocycles. The van der Waals surface area contributed by atoms with Crippen LogP contribution in [0, 0.1) is 6.92 Å². The minimum absolute atomic E-state index is 0.270. The van der Waals surface area contributed by atoms with Crippen LogP contribution in [0.25, 0.3) is 6.08 Å². The Balaban J connectivity index is 1.33. The van der Waals surface area contributed by atoms with Gasteiger partial charge in [-0.25, -0.2) is 9.79 Å². The fraction of sp³-hybridized carbons (Fsp3) is 0.184. The summed E-state index contributed by atoms with van der Waals surface area (Å²) in [6.07, 6.45) is 1.80. The number of allylic oxidation sites excluding steroid dienone is 1. The van der Waals surface area contributed by atoms with Gasteiger partial charge in [0, 0.05) is 0 Å². The number of esters is 1. The highest BCUT2D eigenvalue weighted by Crippen LogP contribution is 2.37. The van der Waals surface area contributed by atoms with Gasteiger partial charge in [0.2, 0.25) is 0 Å². The summed E-state index contributed by atoms with van der Waals surface area (Å²) in [5, 5.41) is 0. The Morgan fingerprint density at radius 1 is 0.896 bits per heavy atom. The van der Waals surface area contributed by atoms with Gasteiger partial charge in [0.05, 0.1) is 32.9 Å². The van der Waals surface area contributed by atoms with Gasteiger partial charge in [0.25, 0.3) is 5.56 Å². The Kier molecular flexibility index (Phi) is 10.2. The van der Waals surface area contributed by atoms with Crippen molar-refractivity contribution < 1.29 is 23.7 Å². The number of nitrogens with zero attached hydrogens (tertiary/aromatic N) is 2. The van der Waals surface area contributed by atoms with E-state index in [0.29, 0.717) is 62.1 Å². The molecule has 1 aromatic heterocycles. The van der Waals surface area contributed by atoms with Gasteiger partial charge in [0.1, 0.15) is 24.7 Å². The average Bonchev–Trinajstić information content (AvgIpc) is 3.38. The number of aromatic nitrogens is 1. The van der Waals surface area contributed by atoms with Crippen LogP contribution in [0.2, 0.25) is 0 Å². The maximum absolute atomic E-state index is 14.1. The van der Waals surface area contributed by atoms with Crippen molar-refractivity contribution in [2.75, 3.05) is 19.8 Å². The molecule has 48 heavy (non-hydrogen) atoms. The van der Waals surface area contributed by atoms with Crippen LogP contribution in [0.15, 0.2) is 123 Å². The zero-order chi connectivity index (χ0) is 33.6. The first-order chi connectivity index (χ1) is 23.3. The van der Waals surface area contributed by atoms with Gasteiger partial charge in [0.15, 0.2) is 16.3 Å². The number of carbonyl (C=O) groups excluding carboxylic acids is 1. The Bertz CT molecular complexity index is 2160. The van der Waals surface area contributed by atoms with Crippen LogP contribution in [-0.2, 0) is 4.79 Å². The Labute approximate surface area is 290 Å². The molecule has 1 atom stereocenters. The third kappa shape index (κ3) is 7.14. The molecule has 0 bridgehead atoms. The zero-order valence-electron chi connectivity index (χ0n) is 26.6. The summed E-state index contributed by atoms with van der Waals surface area (Å²) in [6.45, 7) is 6.75. The van der Waals surface area contributed by atoms with Crippen molar-refractivity contribution in [2.24, 2.45) is 4.99 Å². The number of rotatable bonds is 11. The molecule has 6 rings (SSSR count). The Morgan fingerprint density at radius 3 is 2.31 bits per heavy atom. The molecule has 10 heteroatoms. The second-order valence-electron chi connectivity index (χ2n) is 10.9. The average molecular weight is 726 g/mol. The Hall–Kier alpha value is -4.93.